The van der Waals surface area contributed by atoms with Gasteiger partial charge in [0.15, 0.2) is 5.75 Å². The maximum atomic E-state index is 13.0. The number of carbonyl (C=O) groups excluding carboxylic acids is 1. The molecule has 1 amide bonds. The van der Waals surface area contributed by atoms with Gasteiger partial charge in [0, 0.05) is 10.0 Å². The fourth-order valence-corrected chi connectivity index (χ4v) is 2.51. The minimum absolute atomic E-state index is 0.266. The van der Waals surface area contributed by atoms with Crippen LogP contribution in [0.4, 0.5) is 4.39 Å². The van der Waals surface area contributed by atoms with Crippen molar-refractivity contribution in [2.75, 3.05) is 0 Å². The number of fused-ring (bicyclic) bond motifs is 1. The molecule has 0 radical (unpaired) electrons. The lowest BCUT2D eigenvalue weighted by atomic mass is 9.89. The Morgan fingerprint density at radius 3 is 2.63 bits per heavy atom. The van der Waals surface area contributed by atoms with E-state index in [1.807, 2.05) is 12.1 Å². The van der Waals surface area contributed by atoms with E-state index in [1.54, 1.807) is 18.2 Å². The molecule has 0 aliphatic carbocycles. The number of amides is 1. The minimum Gasteiger partial charge on any atom is -0.379 e. The molecular weight excluding hydrogens is 313 g/mol. The van der Waals surface area contributed by atoms with E-state index < -0.39 is 5.92 Å². The molecule has 3 rings (SSSR count). The van der Waals surface area contributed by atoms with Gasteiger partial charge >= 0.3 is 0 Å². The number of rotatable bonds is 1. The highest BCUT2D eigenvalue weighted by molar-refractivity contribution is 9.10. The van der Waals surface area contributed by atoms with Crippen LogP contribution in [0.1, 0.15) is 17.0 Å². The number of hydrogen-bond donors (Lipinski definition) is 1. The molecule has 2 aromatic rings. The van der Waals surface area contributed by atoms with Crippen LogP contribution >= 0.6 is 15.9 Å². The van der Waals surface area contributed by atoms with Crippen LogP contribution in [-0.4, -0.2) is 5.91 Å². The van der Waals surface area contributed by atoms with Crippen LogP contribution in [-0.2, 0) is 4.79 Å². The van der Waals surface area contributed by atoms with Crippen molar-refractivity contribution in [2.24, 2.45) is 0 Å². The number of benzene rings is 2. The molecule has 1 aliphatic rings. The Bertz CT molecular complexity index is 642. The molecule has 1 unspecified atom stereocenters. The molecule has 0 aromatic heterocycles. The molecule has 0 fully saturated rings. The average molecular weight is 322 g/mol. The Labute approximate surface area is 117 Å². The normalized spacial score (nSPS) is 17.4. The highest BCUT2D eigenvalue weighted by atomic mass is 79.9. The number of nitrogens with one attached hydrogen (secondary N) is 1. The van der Waals surface area contributed by atoms with Gasteiger partial charge in [-0.05, 0) is 35.9 Å². The summed E-state index contributed by atoms with van der Waals surface area (Å²) in [6, 6.07) is 11.3. The summed E-state index contributed by atoms with van der Waals surface area (Å²) in [5, 5.41) is 0. The van der Waals surface area contributed by atoms with E-state index in [0.717, 1.165) is 15.6 Å². The third-order valence-corrected chi connectivity index (χ3v) is 3.50. The quantitative estimate of drug-likeness (QED) is 0.876. The zero-order valence-corrected chi connectivity index (χ0v) is 11.3. The molecule has 3 nitrogen and oxygen atoms in total. The van der Waals surface area contributed by atoms with Crippen LogP contribution in [0, 0.1) is 5.82 Å². The van der Waals surface area contributed by atoms with Gasteiger partial charge in [-0.1, -0.05) is 28.1 Å². The Hall–Kier alpha value is -1.88. The van der Waals surface area contributed by atoms with E-state index in [2.05, 4.69) is 21.4 Å². The van der Waals surface area contributed by atoms with E-state index >= 15 is 0 Å². The monoisotopic (exact) mass is 321 g/mol. The smallest absolute Gasteiger partial charge is 0.264 e. The van der Waals surface area contributed by atoms with Crippen molar-refractivity contribution in [1.82, 2.24) is 5.48 Å². The average Bonchev–Trinajstić information content (AvgIpc) is 2.40. The predicted octanol–water partition coefficient (Wildman–Crippen LogP) is 3.14. The summed E-state index contributed by atoms with van der Waals surface area (Å²) in [6.07, 6.45) is 0. The van der Waals surface area contributed by atoms with E-state index in [-0.39, 0.29) is 11.7 Å². The first-order valence-corrected chi connectivity index (χ1v) is 6.46. The molecule has 0 saturated heterocycles. The zero-order valence-electron chi connectivity index (χ0n) is 9.69. The molecule has 2 aromatic carbocycles. The zero-order chi connectivity index (χ0) is 13.4. The van der Waals surface area contributed by atoms with Gasteiger partial charge < -0.3 is 4.84 Å². The van der Waals surface area contributed by atoms with E-state index in [1.165, 1.54) is 12.1 Å². The Morgan fingerprint density at radius 2 is 1.89 bits per heavy atom. The lowest BCUT2D eigenvalue weighted by Gasteiger charge is -2.25. The van der Waals surface area contributed by atoms with Gasteiger partial charge in [0.2, 0.25) is 0 Å². The second-order valence-electron chi connectivity index (χ2n) is 4.24. The van der Waals surface area contributed by atoms with Crippen molar-refractivity contribution in [1.29, 1.82) is 0 Å². The van der Waals surface area contributed by atoms with Crippen molar-refractivity contribution < 1.29 is 14.0 Å². The van der Waals surface area contributed by atoms with Crippen LogP contribution in [0.3, 0.4) is 0 Å². The molecule has 0 bridgehead atoms. The van der Waals surface area contributed by atoms with Crippen molar-refractivity contribution in [3.05, 3.63) is 63.9 Å². The first-order chi connectivity index (χ1) is 9.15. The van der Waals surface area contributed by atoms with Crippen molar-refractivity contribution in [3.8, 4) is 5.75 Å². The summed E-state index contributed by atoms with van der Waals surface area (Å²) in [5.41, 5.74) is 3.85. The molecular formula is C14H9BrFNO2. The maximum absolute atomic E-state index is 13.0. The van der Waals surface area contributed by atoms with Gasteiger partial charge in [-0.25, -0.2) is 4.39 Å². The molecule has 5 heteroatoms. The third kappa shape index (κ3) is 2.21. The van der Waals surface area contributed by atoms with Crippen LogP contribution in [0.2, 0.25) is 0 Å². The second kappa shape index (κ2) is 4.66. The molecule has 96 valence electrons. The van der Waals surface area contributed by atoms with Crippen molar-refractivity contribution in [3.63, 3.8) is 0 Å². The fourth-order valence-electron chi connectivity index (χ4n) is 2.13. The highest BCUT2D eigenvalue weighted by Crippen LogP contribution is 2.36. The molecule has 19 heavy (non-hydrogen) atoms. The Morgan fingerprint density at radius 1 is 1.16 bits per heavy atom. The van der Waals surface area contributed by atoms with Gasteiger partial charge in [0.1, 0.15) is 5.82 Å². The minimum atomic E-state index is -0.498. The van der Waals surface area contributed by atoms with Gasteiger partial charge in [-0.2, -0.15) is 5.48 Å². The molecule has 0 spiro atoms. The van der Waals surface area contributed by atoms with Crippen LogP contribution in [0.5, 0.6) is 5.75 Å². The summed E-state index contributed by atoms with van der Waals surface area (Å²) in [4.78, 5) is 17.2. The summed E-state index contributed by atoms with van der Waals surface area (Å²) < 4.78 is 13.8. The highest BCUT2D eigenvalue weighted by Gasteiger charge is 2.30. The first-order valence-electron chi connectivity index (χ1n) is 5.67. The second-order valence-corrected chi connectivity index (χ2v) is 5.15. The molecule has 0 saturated carbocycles. The largest absolute Gasteiger partial charge is 0.379 e. The standard InChI is InChI=1S/C14H9BrFNO2/c15-9-3-6-12-11(7-9)13(14(18)17-19-12)8-1-4-10(16)5-2-8/h1-7,13H,(H,17,18). The number of hydrogen-bond acceptors (Lipinski definition) is 2. The molecule has 1 aliphatic heterocycles. The Kier molecular flexibility index (Phi) is 2.98. The fraction of sp³-hybridized carbons (Fsp3) is 0.0714. The third-order valence-electron chi connectivity index (χ3n) is 3.01. The molecule has 1 heterocycles. The van der Waals surface area contributed by atoms with Crippen LogP contribution < -0.4 is 10.3 Å². The van der Waals surface area contributed by atoms with Crippen LogP contribution in [0.25, 0.3) is 0 Å². The first kappa shape index (κ1) is 12.2. The van der Waals surface area contributed by atoms with Gasteiger partial charge in [0.05, 0.1) is 5.92 Å². The summed E-state index contributed by atoms with van der Waals surface area (Å²) >= 11 is 3.37. The van der Waals surface area contributed by atoms with E-state index in [4.69, 9.17) is 4.84 Å². The van der Waals surface area contributed by atoms with E-state index in [0.29, 0.717) is 5.75 Å². The summed E-state index contributed by atoms with van der Waals surface area (Å²) in [5.74, 6) is -0.498. The Balaban J connectivity index is 2.12. The predicted molar refractivity (Wildman–Crippen MR) is 71.2 cm³/mol. The lowest BCUT2D eigenvalue weighted by Crippen LogP contribution is -2.37. The maximum Gasteiger partial charge on any atom is 0.264 e. The summed E-state index contributed by atoms with van der Waals surface area (Å²) in [7, 11) is 0. The SMILES string of the molecule is O=C1NOc2ccc(Br)cc2C1c1ccc(F)cc1. The number of carbonyl (C=O) groups is 1. The van der Waals surface area contributed by atoms with E-state index in [9.17, 15) is 9.18 Å². The van der Waals surface area contributed by atoms with Gasteiger partial charge in [-0.3, -0.25) is 4.79 Å². The van der Waals surface area contributed by atoms with Crippen molar-refractivity contribution >= 4 is 21.8 Å². The van der Waals surface area contributed by atoms with Gasteiger partial charge in [0.25, 0.3) is 5.91 Å². The number of halogens is 2. The van der Waals surface area contributed by atoms with Crippen LogP contribution in [0.15, 0.2) is 46.9 Å². The molecule has 1 atom stereocenters. The lowest BCUT2D eigenvalue weighted by molar-refractivity contribution is -0.129. The van der Waals surface area contributed by atoms with Crippen molar-refractivity contribution in [2.45, 2.75) is 5.92 Å². The summed E-state index contributed by atoms with van der Waals surface area (Å²) in [6.45, 7) is 0. The molecule has 1 N–H and O–H groups in total. The number of hydroxylamine groups is 1. The van der Waals surface area contributed by atoms with Gasteiger partial charge in [-0.15, -0.1) is 0 Å². The topological polar surface area (TPSA) is 38.3 Å².